The van der Waals surface area contributed by atoms with Gasteiger partial charge >= 0.3 is 0 Å². The zero-order valence-corrected chi connectivity index (χ0v) is 16.9. The molecule has 2 saturated heterocycles. The standard InChI is InChI=1S/C19H27N3O5S/c1-27-13-10-20-19(24)15-4-2-11-21(14-15)28(25,26)17-8-6-16(7-9-17)22-12-3-5-18(22)23/h6-9,15H,2-5,10-14H2,1H3,(H,20,24). The summed E-state index contributed by atoms with van der Waals surface area (Å²) >= 11 is 0. The molecule has 3 rings (SSSR count). The van der Waals surface area contributed by atoms with E-state index in [0.717, 1.165) is 12.1 Å². The maximum absolute atomic E-state index is 13.0. The number of rotatable bonds is 7. The summed E-state index contributed by atoms with van der Waals surface area (Å²) in [6.45, 7) is 2.07. The smallest absolute Gasteiger partial charge is 0.243 e. The summed E-state index contributed by atoms with van der Waals surface area (Å²) in [5.41, 5.74) is 0.718. The molecule has 2 aliphatic heterocycles. The topological polar surface area (TPSA) is 96.0 Å². The van der Waals surface area contributed by atoms with Crippen LogP contribution in [-0.2, 0) is 24.3 Å². The number of carbonyl (C=O) groups is 2. The highest BCUT2D eigenvalue weighted by Crippen LogP contribution is 2.27. The third-order valence-corrected chi connectivity index (χ3v) is 7.10. The van der Waals surface area contributed by atoms with Crippen molar-refractivity contribution in [1.29, 1.82) is 0 Å². The van der Waals surface area contributed by atoms with Crippen molar-refractivity contribution in [2.24, 2.45) is 5.92 Å². The molecule has 1 N–H and O–H groups in total. The molecule has 9 heteroatoms. The Balaban J connectivity index is 1.67. The molecule has 2 heterocycles. The lowest BCUT2D eigenvalue weighted by Gasteiger charge is -2.31. The van der Waals surface area contributed by atoms with Crippen LogP contribution in [0.3, 0.4) is 0 Å². The van der Waals surface area contributed by atoms with Gasteiger partial charge in [0.25, 0.3) is 0 Å². The van der Waals surface area contributed by atoms with Gasteiger partial charge in [0.15, 0.2) is 0 Å². The molecule has 0 spiro atoms. The van der Waals surface area contributed by atoms with Crippen LogP contribution in [0.2, 0.25) is 0 Å². The Labute approximate surface area is 165 Å². The summed E-state index contributed by atoms with van der Waals surface area (Å²) in [6.07, 6.45) is 2.66. The summed E-state index contributed by atoms with van der Waals surface area (Å²) < 4.78 is 32.3. The Kier molecular flexibility index (Phi) is 6.69. The van der Waals surface area contributed by atoms with Crippen molar-refractivity contribution in [3.05, 3.63) is 24.3 Å². The minimum atomic E-state index is -3.68. The van der Waals surface area contributed by atoms with E-state index in [0.29, 0.717) is 45.5 Å². The van der Waals surface area contributed by atoms with Crippen LogP contribution in [0.25, 0.3) is 0 Å². The molecular formula is C19H27N3O5S. The van der Waals surface area contributed by atoms with E-state index in [1.54, 1.807) is 36.3 Å². The van der Waals surface area contributed by atoms with E-state index in [4.69, 9.17) is 4.74 Å². The maximum atomic E-state index is 13.0. The number of sulfonamides is 1. The van der Waals surface area contributed by atoms with Crippen molar-refractivity contribution >= 4 is 27.5 Å². The molecule has 1 aromatic rings. The average Bonchev–Trinajstić information content (AvgIpc) is 3.14. The second-order valence-corrected chi connectivity index (χ2v) is 9.07. The van der Waals surface area contributed by atoms with Gasteiger partial charge in [0.05, 0.1) is 17.4 Å². The van der Waals surface area contributed by atoms with Gasteiger partial charge in [-0.25, -0.2) is 8.42 Å². The van der Waals surface area contributed by atoms with Gasteiger partial charge in [-0.15, -0.1) is 0 Å². The van der Waals surface area contributed by atoms with Crippen molar-refractivity contribution in [3.63, 3.8) is 0 Å². The van der Waals surface area contributed by atoms with Gasteiger partial charge < -0.3 is 15.0 Å². The van der Waals surface area contributed by atoms with E-state index in [1.807, 2.05) is 0 Å². The zero-order chi connectivity index (χ0) is 20.1. The second-order valence-electron chi connectivity index (χ2n) is 7.13. The average molecular weight is 410 g/mol. The van der Waals surface area contributed by atoms with Crippen LogP contribution < -0.4 is 10.2 Å². The number of amides is 2. The van der Waals surface area contributed by atoms with Crippen molar-refractivity contribution in [3.8, 4) is 0 Å². The molecule has 1 atom stereocenters. The van der Waals surface area contributed by atoms with Crippen LogP contribution in [0.4, 0.5) is 5.69 Å². The number of nitrogens with zero attached hydrogens (tertiary/aromatic N) is 2. The second kappa shape index (κ2) is 9.02. The Morgan fingerprint density at radius 1 is 1.21 bits per heavy atom. The largest absolute Gasteiger partial charge is 0.383 e. The van der Waals surface area contributed by atoms with Crippen LogP contribution in [0.1, 0.15) is 25.7 Å². The highest BCUT2D eigenvalue weighted by atomic mass is 32.2. The fourth-order valence-corrected chi connectivity index (χ4v) is 5.19. The molecule has 2 aliphatic rings. The molecule has 0 saturated carbocycles. The molecule has 0 aromatic heterocycles. The van der Waals surface area contributed by atoms with Crippen molar-refractivity contribution < 1.29 is 22.7 Å². The predicted octanol–water partition coefficient (Wildman–Crippen LogP) is 0.977. The number of benzene rings is 1. The van der Waals surface area contributed by atoms with E-state index < -0.39 is 10.0 Å². The Bertz CT molecular complexity index is 809. The molecule has 0 aliphatic carbocycles. The van der Waals surface area contributed by atoms with Gasteiger partial charge in [0.2, 0.25) is 21.8 Å². The van der Waals surface area contributed by atoms with Crippen LogP contribution in [0.15, 0.2) is 29.2 Å². The van der Waals surface area contributed by atoms with Crippen molar-refractivity contribution in [2.75, 3.05) is 44.8 Å². The summed E-state index contributed by atoms with van der Waals surface area (Å²) in [5.74, 6) is -0.435. The van der Waals surface area contributed by atoms with Gasteiger partial charge in [-0.1, -0.05) is 0 Å². The normalized spacial score (nSPS) is 21.1. The highest BCUT2D eigenvalue weighted by Gasteiger charge is 2.33. The number of methoxy groups -OCH3 is 1. The number of piperidine rings is 1. The fraction of sp³-hybridized carbons (Fsp3) is 0.579. The van der Waals surface area contributed by atoms with Gasteiger partial charge in [0, 0.05) is 45.4 Å². The monoisotopic (exact) mass is 409 g/mol. The SMILES string of the molecule is COCCNC(=O)C1CCCN(S(=O)(=O)c2ccc(N3CCCC3=O)cc2)C1. The number of anilines is 1. The van der Waals surface area contributed by atoms with Crippen LogP contribution in [0, 0.1) is 5.92 Å². The molecule has 154 valence electrons. The van der Waals surface area contributed by atoms with E-state index in [-0.39, 0.29) is 29.2 Å². The summed E-state index contributed by atoms with van der Waals surface area (Å²) in [5, 5.41) is 2.79. The van der Waals surface area contributed by atoms with Crippen LogP contribution >= 0.6 is 0 Å². The lowest BCUT2D eigenvalue weighted by atomic mass is 9.99. The lowest BCUT2D eigenvalue weighted by molar-refractivity contribution is -0.126. The van der Waals surface area contributed by atoms with Crippen molar-refractivity contribution in [2.45, 2.75) is 30.6 Å². The van der Waals surface area contributed by atoms with Gasteiger partial charge in [-0.3, -0.25) is 9.59 Å². The molecule has 1 unspecified atom stereocenters. The highest BCUT2D eigenvalue weighted by molar-refractivity contribution is 7.89. The Morgan fingerprint density at radius 3 is 2.61 bits per heavy atom. The number of hydrogen-bond donors (Lipinski definition) is 1. The molecular weight excluding hydrogens is 382 g/mol. The lowest BCUT2D eigenvalue weighted by Crippen LogP contribution is -2.45. The van der Waals surface area contributed by atoms with E-state index in [1.165, 1.54) is 4.31 Å². The fourth-order valence-electron chi connectivity index (χ4n) is 3.66. The third-order valence-electron chi connectivity index (χ3n) is 5.22. The zero-order valence-electron chi connectivity index (χ0n) is 16.1. The Morgan fingerprint density at radius 2 is 1.96 bits per heavy atom. The minimum absolute atomic E-state index is 0.0639. The predicted molar refractivity (Wildman–Crippen MR) is 104 cm³/mol. The molecule has 0 bridgehead atoms. The summed E-state index contributed by atoms with van der Waals surface area (Å²) in [7, 11) is -2.12. The van der Waals surface area contributed by atoms with E-state index in [2.05, 4.69) is 5.32 Å². The molecule has 1 aromatic carbocycles. The summed E-state index contributed by atoms with van der Waals surface area (Å²) in [6, 6.07) is 6.43. The summed E-state index contributed by atoms with van der Waals surface area (Å²) in [4.78, 5) is 26.0. The first-order valence-electron chi connectivity index (χ1n) is 9.60. The maximum Gasteiger partial charge on any atom is 0.243 e. The Hall–Kier alpha value is -1.97. The molecule has 2 amide bonds. The molecule has 8 nitrogen and oxygen atoms in total. The first kappa shape index (κ1) is 20.8. The quantitative estimate of drug-likeness (QED) is 0.677. The molecule has 0 radical (unpaired) electrons. The number of carbonyl (C=O) groups excluding carboxylic acids is 2. The van der Waals surface area contributed by atoms with E-state index >= 15 is 0 Å². The van der Waals surface area contributed by atoms with Gasteiger partial charge in [-0.05, 0) is 43.5 Å². The van der Waals surface area contributed by atoms with Gasteiger partial charge in [0.1, 0.15) is 0 Å². The first-order chi connectivity index (χ1) is 13.4. The first-order valence-corrected chi connectivity index (χ1v) is 11.0. The third kappa shape index (κ3) is 4.53. The minimum Gasteiger partial charge on any atom is -0.383 e. The molecule has 28 heavy (non-hydrogen) atoms. The number of hydrogen-bond acceptors (Lipinski definition) is 5. The molecule has 2 fully saturated rings. The number of nitrogens with one attached hydrogen (secondary N) is 1. The number of ether oxygens (including phenoxy) is 1. The van der Waals surface area contributed by atoms with Crippen LogP contribution in [0.5, 0.6) is 0 Å². The van der Waals surface area contributed by atoms with Gasteiger partial charge in [-0.2, -0.15) is 4.31 Å². The van der Waals surface area contributed by atoms with Crippen molar-refractivity contribution in [1.82, 2.24) is 9.62 Å². The van der Waals surface area contributed by atoms with E-state index in [9.17, 15) is 18.0 Å². The van der Waals surface area contributed by atoms with Crippen LogP contribution in [-0.4, -0.2) is 64.4 Å².